The van der Waals surface area contributed by atoms with Crippen LogP contribution in [0.15, 0.2) is 12.1 Å². The Balaban J connectivity index is 2.38. The van der Waals surface area contributed by atoms with Crippen LogP contribution in [0.4, 0.5) is 0 Å². The zero-order valence-corrected chi connectivity index (χ0v) is 18.4. The largest absolute Gasteiger partial charge is 0.493 e. The Labute approximate surface area is 169 Å². The van der Waals surface area contributed by atoms with Crippen molar-refractivity contribution in [2.75, 3.05) is 19.8 Å². The van der Waals surface area contributed by atoms with Gasteiger partial charge in [0.25, 0.3) is 0 Å². The maximum Gasteiger partial charge on any atom is 0.338 e. The highest BCUT2D eigenvalue weighted by Gasteiger charge is 2.41. The number of unbranched alkanes of at least 4 members (excludes halogenated alkanes) is 2. The first-order chi connectivity index (χ1) is 13.2. The average Bonchev–Trinajstić information content (AvgIpc) is 3.33. The second kappa shape index (κ2) is 9.64. The number of carbonyl (C=O) groups is 1. The van der Waals surface area contributed by atoms with Crippen LogP contribution >= 0.6 is 0 Å². The molecule has 1 aromatic rings. The normalized spacial score (nSPS) is 18.6. The van der Waals surface area contributed by atoms with E-state index in [9.17, 15) is 4.79 Å². The van der Waals surface area contributed by atoms with Crippen molar-refractivity contribution in [3.63, 3.8) is 0 Å². The van der Waals surface area contributed by atoms with Crippen LogP contribution in [-0.2, 0) is 15.9 Å². The van der Waals surface area contributed by atoms with Crippen LogP contribution < -0.4 is 9.47 Å². The number of esters is 1. The number of hydrogen-bond acceptors (Lipinski definition) is 5. The molecular weight excluding hydrogens is 356 g/mol. The van der Waals surface area contributed by atoms with E-state index in [4.69, 9.17) is 18.9 Å². The summed E-state index contributed by atoms with van der Waals surface area (Å²) in [5.74, 6) is 1.02. The molecule has 0 saturated carbocycles. The topological polar surface area (TPSA) is 57.3 Å². The Hall–Kier alpha value is -1.75. The summed E-state index contributed by atoms with van der Waals surface area (Å²) in [7, 11) is 0. The molecular formula is C23H36O5. The Kier molecular flexibility index (Phi) is 7.76. The molecule has 5 heteroatoms. The third-order valence-electron chi connectivity index (χ3n) is 4.50. The molecule has 0 radical (unpaired) electrons. The fourth-order valence-electron chi connectivity index (χ4n) is 2.76. The van der Waals surface area contributed by atoms with Crippen molar-refractivity contribution in [2.24, 2.45) is 0 Å². The number of epoxide rings is 1. The standard InChI is InChI=1S/C23H36O5/c1-7-9-11-25-19-13-17(21(24)28-22(3,4)5)14-20(26-12-10-8-2)18(19)15-23(6)16-27-23/h13-14H,7-12,15-16H2,1-6H3. The fraction of sp³-hybridized carbons (Fsp3) is 0.696. The van der Waals surface area contributed by atoms with Crippen LogP contribution in [-0.4, -0.2) is 37.0 Å². The Morgan fingerprint density at radius 2 is 1.57 bits per heavy atom. The molecule has 1 unspecified atom stereocenters. The van der Waals surface area contributed by atoms with Crippen molar-refractivity contribution in [3.8, 4) is 11.5 Å². The molecule has 1 aliphatic heterocycles. The summed E-state index contributed by atoms with van der Waals surface area (Å²) in [6.07, 6.45) is 4.69. The molecule has 1 fully saturated rings. The molecule has 0 N–H and O–H groups in total. The van der Waals surface area contributed by atoms with Gasteiger partial charge in [0, 0.05) is 12.0 Å². The van der Waals surface area contributed by atoms with Gasteiger partial charge in [-0.2, -0.15) is 0 Å². The molecule has 0 bridgehead atoms. The first kappa shape index (κ1) is 22.5. The van der Waals surface area contributed by atoms with E-state index < -0.39 is 5.60 Å². The van der Waals surface area contributed by atoms with Crippen molar-refractivity contribution in [1.82, 2.24) is 0 Å². The molecule has 0 aromatic heterocycles. The summed E-state index contributed by atoms with van der Waals surface area (Å²) in [4.78, 5) is 12.7. The molecule has 0 aliphatic carbocycles. The Morgan fingerprint density at radius 3 is 1.96 bits per heavy atom. The summed E-state index contributed by atoms with van der Waals surface area (Å²) in [5.41, 5.74) is 0.689. The minimum atomic E-state index is -0.558. The fourth-order valence-corrected chi connectivity index (χ4v) is 2.76. The average molecular weight is 393 g/mol. The van der Waals surface area contributed by atoms with Gasteiger partial charge in [0.05, 0.1) is 31.0 Å². The van der Waals surface area contributed by atoms with Crippen LogP contribution in [0.5, 0.6) is 11.5 Å². The van der Waals surface area contributed by atoms with Crippen molar-refractivity contribution >= 4 is 5.97 Å². The van der Waals surface area contributed by atoms with Gasteiger partial charge in [0.2, 0.25) is 0 Å². The van der Waals surface area contributed by atoms with Crippen molar-refractivity contribution in [1.29, 1.82) is 0 Å². The zero-order valence-electron chi connectivity index (χ0n) is 18.4. The lowest BCUT2D eigenvalue weighted by Crippen LogP contribution is -2.24. The van der Waals surface area contributed by atoms with Gasteiger partial charge < -0.3 is 18.9 Å². The van der Waals surface area contributed by atoms with Crippen LogP contribution in [0.2, 0.25) is 0 Å². The highest BCUT2D eigenvalue weighted by atomic mass is 16.6. The van der Waals surface area contributed by atoms with Gasteiger partial charge in [0.15, 0.2) is 0 Å². The van der Waals surface area contributed by atoms with Gasteiger partial charge in [-0.3, -0.25) is 0 Å². The van der Waals surface area contributed by atoms with Crippen LogP contribution in [0.1, 0.15) is 83.1 Å². The number of ether oxygens (including phenoxy) is 4. The Bertz CT molecular complexity index is 624. The summed E-state index contributed by atoms with van der Waals surface area (Å²) in [5, 5.41) is 0. The number of rotatable bonds is 11. The van der Waals surface area contributed by atoms with Gasteiger partial charge in [0.1, 0.15) is 17.1 Å². The van der Waals surface area contributed by atoms with Gasteiger partial charge in [-0.1, -0.05) is 26.7 Å². The Morgan fingerprint density at radius 1 is 1.07 bits per heavy atom. The minimum absolute atomic E-state index is 0.181. The van der Waals surface area contributed by atoms with Crippen LogP contribution in [0, 0.1) is 0 Å². The van der Waals surface area contributed by atoms with Gasteiger partial charge in [-0.05, 0) is 52.7 Å². The molecule has 2 rings (SSSR count). The van der Waals surface area contributed by atoms with E-state index in [1.165, 1.54) is 0 Å². The van der Waals surface area contributed by atoms with Crippen molar-refractivity contribution < 1.29 is 23.7 Å². The van der Waals surface area contributed by atoms with Gasteiger partial charge >= 0.3 is 5.97 Å². The molecule has 1 aliphatic rings. The van der Waals surface area contributed by atoms with E-state index in [2.05, 4.69) is 20.8 Å². The molecule has 28 heavy (non-hydrogen) atoms. The second-order valence-electron chi connectivity index (χ2n) is 8.77. The predicted molar refractivity (Wildman–Crippen MR) is 110 cm³/mol. The molecule has 0 spiro atoms. The number of benzene rings is 1. The summed E-state index contributed by atoms with van der Waals surface area (Å²) >= 11 is 0. The van der Waals surface area contributed by atoms with Crippen LogP contribution in [0.3, 0.4) is 0 Å². The zero-order chi connectivity index (χ0) is 20.8. The predicted octanol–water partition coefficient (Wildman–Crippen LogP) is 5.33. The van der Waals surface area contributed by atoms with Gasteiger partial charge in [-0.15, -0.1) is 0 Å². The second-order valence-corrected chi connectivity index (χ2v) is 8.77. The molecule has 1 aromatic carbocycles. The maximum absolute atomic E-state index is 12.7. The molecule has 0 amide bonds. The summed E-state index contributed by atoms with van der Waals surface area (Å²) in [6.45, 7) is 13.9. The highest BCUT2D eigenvalue weighted by molar-refractivity contribution is 5.91. The van der Waals surface area contributed by atoms with E-state index in [0.717, 1.165) is 37.9 Å². The third-order valence-corrected chi connectivity index (χ3v) is 4.50. The van der Waals surface area contributed by atoms with Crippen molar-refractivity contribution in [2.45, 2.75) is 84.8 Å². The summed E-state index contributed by atoms with van der Waals surface area (Å²) in [6, 6.07) is 3.58. The maximum atomic E-state index is 12.7. The number of hydrogen-bond donors (Lipinski definition) is 0. The first-order valence-corrected chi connectivity index (χ1v) is 10.5. The smallest absolute Gasteiger partial charge is 0.338 e. The van der Waals surface area contributed by atoms with Crippen LogP contribution in [0.25, 0.3) is 0 Å². The van der Waals surface area contributed by atoms with E-state index >= 15 is 0 Å². The SMILES string of the molecule is CCCCOc1cc(C(=O)OC(C)(C)C)cc(OCCCC)c1CC1(C)CO1. The van der Waals surface area contributed by atoms with E-state index in [1.54, 1.807) is 12.1 Å². The molecule has 158 valence electrons. The first-order valence-electron chi connectivity index (χ1n) is 10.5. The lowest BCUT2D eigenvalue weighted by atomic mass is 9.98. The van der Waals surface area contributed by atoms with Gasteiger partial charge in [-0.25, -0.2) is 4.79 Å². The molecule has 1 saturated heterocycles. The third kappa shape index (κ3) is 7.01. The lowest BCUT2D eigenvalue weighted by Gasteiger charge is -2.22. The number of carbonyl (C=O) groups excluding carboxylic acids is 1. The highest BCUT2D eigenvalue weighted by Crippen LogP contribution is 2.39. The molecule has 1 heterocycles. The molecule has 5 nitrogen and oxygen atoms in total. The lowest BCUT2D eigenvalue weighted by molar-refractivity contribution is 0.00685. The van der Waals surface area contributed by atoms with E-state index in [0.29, 0.717) is 36.7 Å². The minimum Gasteiger partial charge on any atom is -0.493 e. The van der Waals surface area contributed by atoms with E-state index in [1.807, 2.05) is 20.8 Å². The molecule has 1 atom stereocenters. The monoisotopic (exact) mass is 392 g/mol. The quantitative estimate of drug-likeness (QED) is 0.289. The van der Waals surface area contributed by atoms with Crippen molar-refractivity contribution in [3.05, 3.63) is 23.3 Å². The summed E-state index contributed by atoms with van der Waals surface area (Å²) < 4.78 is 23.3. The van der Waals surface area contributed by atoms with E-state index in [-0.39, 0.29) is 11.6 Å².